The highest BCUT2D eigenvalue weighted by molar-refractivity contribution is 9.10. The monoisotopic (exact) mass is 454 g/mol. The van der Waals surface area contributed by atoms with Gasteiger partial charge in [0.15, 0.2) is 6.19 Å². The van der Waals surface area contributed by atoms with Gasteiger partial charge >= 0.3 is 6.03 Å². The van der Waals surface area contributed by atoms with Crippen LogP contribution in [0, 0.1) is 11.5 Å². The Morgan fingerprint density at radius 1 is 1.14 bits per heavy atom. The van der Waals surface area contributed by atoms with Gasteiger partial charge in [0.1, 0.15) is 11.9 Å². The van der Waals surface area contributed by atoms with Crippen molar-refractivity contribution in [3.8, 4) is 11.9 Å². The fourth-order valence-corrected chi connectivity index (χ4v) is 4.69. The van der Waals surface area contributed by atoms with Crippen molar-refractivity contribution in [2.45, 2.75) is 24.9 Å². The Kier molecular flexibility index (Phi) is 5.48. The second-order valence-electron chi connectivity index (χ2n) is 7.47. The highest BCUT2D eigenvalue weighted by atomic mass is 79.9. The van der Waals surface area contributed by atoms with Gasteiger partial charge in [-0.2, -0.15) is 5.26 Å². The highest BCUT2D eigenvalue weighted by Crippen LogP contribution is 2.41. The van der Waals surface area contributed by atoms with Gasteiger partial charge in [-0.25, -0.2) is 9.69 Å². The molecule has 1 atom stereocenters. The lowest BCUT2D eigenvalue weighted by Gasteiger charge is -2.45. The molecule has 2 aromatic rings. The number of methoxy groups -OCH3 is 1. The zero-order valence-electron chi connectivity index (χ0n) is 16.5. The molecule has 7 heteroatoms. The summed E-state index contributed by atoms with van der Waals surface area (Å²) in [7, 11) is 3.39. The minimum absolute atomic E-state index is 0.291. The molecule has 2 amide bonds. The number of ether oxygens (including phenoxy) is 1. The van der Waals surface area contributed by atoms with Crippen LogP contribution in [0.3, 0.4) is 0 Å². The maximum absolute atomic E-state index is 12.8. The molecular formula is C22H23BrN4O2. The van der Waals surface area contributed by atoms with Gasteiger partial charge in [0.25, 0.3) is 0 Å². The standard InChI is InChI=1S/C22H23BrN4O2/c1-25-20-13-17(23)5-8-19(20)21(27(14-24)22(25)28)26-11-9-16(10-12-26)15-3-6-18(29-2)7-4-15/h3-8,13,16,21H,9-12H2,1-2H3. The topological polar surface area (TPSA) is 59.8 Å². The molecule has 0 radical (unpaired) electrons. The van der Waals surface area contributed by atoms with Crippen LogP contribution in [0.25, 0.3) is 0 Å². The SMILES string of the molecule is COc1ccc(C2CCN(C3c4ccc(Br)cc4N(C)C(=O)N3C#N)CC2)cc1. The van der Waals surface area contributed by atoms with Gasteiger partial charge in [0.05, 0.1) is 12.8 Å². The summed E-state index contributed by atoms with van der Waals surface area (Å²) in [6, 6.07) is 13.9. The zero-order valence-corrected chi connectivity index (χ0v) is 18.1. The molecular weight excluding hydrogens is 432 g/mol. The molecule has 0 spiro atoms. The normalized spacial score (nSPS) is 20.3. The van der Waals surface area contributed by atoms with E-state index in [1.165, 1.54) is 10.5 Å². The number of rotatable bonds is 3. The van der Waals surface area contributed by atoms with Gasteiger partial charge in [-0.05, 0) is 48.6 Å². The minimum Gasteiger partial charge on any atom is -0.497 e. The first-order valence-electron chi connectivity index (χ1n) is 9.67. The third-order valence-electron chi connectivity index (χ3n) is 5.94. The van der Waals surface area contributed by atoms with E-state index in [1.54, 1.807) is 19.1 Å². The average molecular weight is 455 g/mol. The quantitative estimate of drug-likeness (QED) is 0.631. The first-order valence-corrected chi connectivity index (χ1v) is 10.5. The summed E-state index contributed by atoms with van der Waals surface area (Å²) in [6.45, 7) is 1.65. The number of fused-ring (bicyclic) bond motifs is 1. The lowest BCUT2D eigenvalue weighted by Crippen LogP contribution is -2.52. The fourth-order valence-electron chi connectivity index (χ4n) is 4.34. The van der Waals surface area contributed by atoms with Gasteiger partial charge in [-0.15, -0.1) is 0 Å². The number of nitrogens with zero attached hydrogens (tertiary/aromatic N) is 4. The molecule has 2 aliphatic heterocycles. The summed E-state index contributed by atoms with van der Waals surface area (Å²) in [5, 5.41) is 9.72. The lowest BCUT2D eigenvalue weighted by molar-refractivity contribution is 0.0724. The van der Waals surface area contributed by atoms with Crippen molar-refractivity contribution in [1.82, 2.24) is 9.80 Å². The molecule has 2 heterocycles. The van der Waals surface area contributed by atoms with E-state index in [4.69, 9.17) is 4.74 Å². The van der Waals surface area contributed by atoms with Crippen molar-refractivity contribution in [1.29, 1.82) is 5.26 Å². The number of nitriles is 1. The molecule has 6 nitrogen and oxygen atoms in total. The molecule has 1 fully saturated rings. The summed E-state index contributed by atoms with van der Waals surface area (Å²) >= 11 is 3.49. The minimum atomic E-state index is -0.358. The maximum Gasteiger partial charge on any atom is 0.339 e. The van der Waals surface area contributed by atoms with E-state index in [0.717, 1.165) is 47.4 Å². The number of hydrogen-bond acceptors (Lipinski definition) is 4. The Hall–Kier alpha value is -2.56. The largest absolute Gasteiger partial charge is 0.497 e. The smallest absolute Gasteiger partial charge is 0.339 e. The van der Waals surface area contributed by atoms with Crippen LogP contribution in [0.1, 0.15) is 36.1 Å². The molecule has 2 aliphatic rings. The number of hydrogen-bond donors (Lipinski definition) is 0. The van der Waals surface area contributed by atoms with Gasteiger partial charge in [0, 0.05) is 30.2 Å². The number of carbonyl (C=O) groups is 1. The maximum atomic E-state index is 12.8. The van der Waals surface area contributed by atoms with Crippen molar-refractivity contribution in [2.75, 3.05) is 32.1 Å². The molecule has 0 bridgehead atoms. The predicted molar refractivity (Wildman–Crippen MR) is 115 cm³/mol. The van der Waals surface area contributed by atoms with E-state index in [-0.39, 0.29) is 12.2 Å². The van der Waals surface area contributed by atoms with Crippen LogP contribution in [-0.4, -0.2) is 43.1 Å². The van der Waals surface area contributed by atoms with Gasteiger partial charge in [-0.3, -0.25) is 9.80 Å². The number of halogens is 1. The third-order valence-corrected chi connectivity index (χ3v) is 6.43. The highest BCUT2D eigenvalue weighted by Gasteiger charge is 2.41. The molecule has 0 saturated carbocycles. The van der Waals surface area contributed by atoms with Crippen LogP contribution in [-0.2, 0) is 0 Å². The molecule has 0 aromatic heterocycles. The second-order valence-corrected chi connectivity index (χ2v) is 8.39. The van der Waals surface area contributed by atoms with Crippen LogP contribution in [0.2, 0.25) is 0 Å². The van der Waals surface area contributed by atoms with E-state index in [9.17, 15) is 10.1 Å². The molecule has 150 valence electrons. The number of likely N-dealkylation sites (tertiary alicyclic amines) is 1. The summed E-state index contributed by atoms with van der Waals surface area (Å²) in [5.41, 5.74) is 3.14. The lowest BCUT2D eigenvalue weighted by atomic mass is 9.88. The number of piperidine rings is 1. The van der Waals surface area contributed by atoms with E-state index in [0.29, 0.717) is 5.92 Å². The number of carbonyl (C=O) groups excluding carboxylic acids is 1. The average Bonchev–Trinajstić information content (AvgIpc) is 2.76. The Balaban J connectivity index is 1.57. The van der Waals surface area contributed by atoms with Gasteiger partial charge in [-0.1, -0.05) is 34.1 Å². The van der Waals surface area contributed by atoms with Crippen molar-refractivity contribution in [2.24, 2.45) is 0 Å². The molecule has 1 unspecified atom stereocenters. The second kappa shape index (κ2) is 8.05. The third kappa shape index (κ3) is 3.59. The zero-order chi connectivity index (χ0) is 20.5. The Morgan fingerprint density at radius 2 is 1.83 bits per heavy atom. The molecule has 4 rings (SSSR count). The molecule has 0 N–H and O–H groups in total. The van der Waals surface area contributed by atoms with E-state index >= 15 is 0 Å². The van der Waals surface area contributed by atoms with Crippen LogP contribution in [0.15, 0.2) is 46.9 Å². The van der Waals surface area contributed by atoms with Crippen molar-refractivity contribution in [3.05, 3.63) is 58.1 Å². The molecule has 1 saturated heterocycles. The molecule has 2 aromatic carbocycles. The number of anilines is 1. The van der Waals surface area contributed by atoms with Gasteiger partial charge in [0.2, 0.25) is 0 Å². The summed E-state index contributed by atoms with van der Waals surface area (Å²) in [5.74, 6) is 1.34. The molecule has 0 aliphatic carbocycles. The first kappa shape index (κ1) is 19.7. The Bertz CT molecular complexity index is 948. The number of amides is 2. The first-order chi connectivity index (χ1) is 14.0. The van der Waals surface area contributed by atoms with Crippen molar-refractivity contribution < 1.29 is 9.53 Å². The van der Waals surface area contributed by atoms with Crippen LogP contribution < -0.4 is 9.64 Å². The Morgan fingerprint density at radius 3 is 2.45 bits per heavy atom. The fraction of sp³-hybridized carbons (Fsp3) is 0.364. The van der Waals surface area contributed by atoms with Gasteiger partial charge < -0.3 is 4.74 Å². The van der Waals surface area contributed by atoms with E-state index < -0.39 is 0 Å². The number of benzene rings is 2. The predicted octanol–water partition coefficient (Wildman–Crippen LogP) is 4.69. The van der Waals surface area contributed by atoms with E-state index in [1.807, 2.05) is 30.3 Å². The van der Waals surface area contributed by atoms with Crippen molar-refractivity contribution >= 4 is 27.6 Å². The molecule has 29 heavy (non-hydrogen) atoms. The van der Waals surface area contributed by atoms with E-state index in [2.05, 4.69) is 39.2 Å². The summed E-state index contributed by atoms with van der Waals surface area (Å²) in [6.07, 6.45) is 3.73. The van der Waals surface area contributed by atoms with Crippen LogP contribution in [0.5, 0.6) is 5.75 Å². The summed E-state index contributed by atoms with van der Waals surface area (Å²) in [4.78, 5) is 17.9. The van der Waals surface area contributed by atoms with Crippen LogP contribution >= 0.6 is 15.9 Å². The summed E-state index contributed by atoms with van der Waals surface area (Å²) < 4.78 is 6.17. The Labute approximate surface area is 179 Å². The van der Waals surface area contributed by atoms with Crippen molar-refractivity contribution in [3.63, 3.8) is 0 Å². The van der Waals surface area contributed by atoms with Crippen LogP contribution in [0.4, 0.5) is 10.5 Å². The number of urea groups is 1.